The van der Waals surface area contributed by atoms with Gasteiger partial charge in [0.2, 0.25) is 5.91 Å². The molecule has 0 atom stereocenters. The number of fused-ring (bicyclic) bond motifs is 1. The predicted octanol–water partition coefficient (Wildman–Crippen LogP) is 2.76. The van der Waals surface area contributed by atoms with Crippen molar-refractivity contribution in [3.05, 3.63) is 64.9 Å². The highest BCUT2D eigenvalue weighted by atomic mass is 19.1. The molecule has 0 saturated heterocycles. The summed E-state index contributed by atoms with van der Waals surface area (Å²) in [6.45, 7) is 1.47. The Kier molecular flexibility index (Phi) is 5.81. The number of nitrogens with zero attached hydrogens (tertiary/aromatic N) is 1. The molecule has 1 amide bonds. The fourth-order valence-corrected chi connectivity index (χ4v) is 3.26. The summed E-state index contributed by atoms with van der Waals surface area (Å²) >= 11 is 0. The van der Waals surface area contributed by atoms with Crippen LogP contribution in [0.1, 0.15) is 28.0 Å². The number of carbonyl (C=O) groups is 3. The van der Waals surface area contributed by atoms with Gasteiger partial charge in [0.25, 0.3) is 5.91 Å². The molecule has 0 unspecified atom stereocenters. The highest BCUT2D eigenvalue weighted by Gasteiger charge is 2.23. The van der Waals surface area contributed by atoms with Crippen LogP contribution >= 0.6 is 0 Å². The van der Waals surface area contributed by atoms with E-state index in [2.05, 4.69) is 5.32 Å². The van der Waals surface area contributed by atoms with Gasteiger partial charge in [-0.3, -0.25) is 19.0 Å². The van der Waals surface area contributed by atoms with E-state index in [4.69, 9.17) is 5.11 Å². The second-order valence-corrected chi connectivity index (χ2v) is 6.71. The molecule has 156 valence electrons. The fraction of sp³-hybridized carbons (Fsp3) is 0.190. The number of carbonyl (C=O) groups excluding carboxylic acids is 2. The molecule has 1 heterocycles. The number of amides is 1. The minimum atomic E-state index is -1.07. The van der Waals surface area contributed by atoms with Gasteiger partial charge < -0.3 is 15.5 Å². The van der Waals surface area contributed by atoms with E-state index in [1.54, 1.807) is 6.92 Å². The molecule has 3 rings (SSSR count). The van der Waals surface area contributed by atoms with Crippen LogP contribution in [0, 0.1) is 18.6 Å². The Morgan fingerprint density at radius 3 is 2.53 bits per heavy atom. The lowest BCUT2D eigenvalue weighted by atomic mass is 10.1. The van der Waals surface area contributed by atoms with Crippen molar-refractivity contribution in [2.45, 2.75) is 19.8 Å². The smallest absolute Gasteiger partial charge is 0.305 e. The van der Waals surface area contributed by atoms with Crippen molar-refractivity contribution >= 4 is 28.7 Å². The summed E-state index contributed by atoms with van der Waals surface area (Å²) < 4.78 is 28.8. The number of carboxylic acids is 1. The Hall–Kier alpha value is -3.75. The summed E-state index contributed by atoms with van der Waals surface area (Å²) in [7, 11) is 0. The molecule has 1 aromatic heterocycles. The molecule has 7 nitrogen and oxygen atoms in total. The highest BCUT2D eigenvalue weighted by molar-refractivity contribution is 6.05. The van der Waals surface area contributed by atoms with Crippen LogP contribution in [-0.2, 0) is 16.0 Å². The Bertz CT molecular complexity index is 1170. The first-order valence-corrected chi connectivity index (χ1v) is 9.00. The lowest BCUT2D eigenvalue weighted by Gasteiger charge is -2.08. The third kappa shape index (κ3) is 4.14. The number of benzene rings is 2. The summed E-state index contributed by atoms with van der Waals surface area (Å²) in [5.41, 5.74) is 0.821. The Labute approximate surface area is 169 Å². The van der Waals surface area contributed by atoms with Crippen LogP contribution in [0.5, 0.6) is 5.75 Å². The zero-order valence-corrected chi connectivity index (χ0v) is 15.9. The van der Waals surface area contributed by atoms with E-state index in [9.17, 15) is 28.3 Å². The summed E-state index contributed by atoms with van der Waals surface area (Å²) in [6, 6.07) is 7.09. The molecule has 2 aromatic carbocycles. The normalized spacial score (nSPS) is 10.9. The molecule has 0 aliphatic heterocycles. The van der Waals surface area contributed by atoms with E-state index in [-0.39, 0.29) is 35.9 Å². The van der Waals surface area contributed by atoms with Crippen molar-refractivity contribution in [3.63, 3.8) is 0 Å². The molecule has 9 heteroatoms. The molecular formula is C21H18F2N2O5. The average Bonchev–Trinajstić information content (AvgIpc) is 2.92. The van der Waals surface area contributed by atoms with Crippen LogP contribution in [0.3, 0.4) is 0 Å². The van der Waals surface area contributed by atoms with Gasteiger partial charge in [-0.1, -0.05) is 6.07 Å². The van der Waals surface area contributed by atoms with Crippen LogP contribution in [0.15, 0.2) is 36.4 Å². The van der Waals surface area contributed by atoms with Crippen molar-refractivity contribution in [2.75, 3.05) is 6.54 Å². The molecule has 0 saturated carbocycles. The number of halogens is 2. The first-order chi connectivity index (χ1) is 14.2. The number of hydrogen-bond donors (Lipinski definition) is 3. The standard InChI is InChI=1S/C21H18F2N2O5/c1-11-14(9-19(27)24-6-5-20(28)29)15-8-18(26)16(23)10-17(15)25(11)21(30)12-3-2-4-13(22)7-12/h2-4,7-8,10,26H,5-6,9H2,1H3,(H,24,27)(H,28,29). The number of nitrogens with one attached hydrogen (secondary N) is 1. The molecule has 30 heavy (non-hydrogen) atoms. The number of aromatic hydroxyl groups is 1. The average molecular weight is 416 g/mol. The van der Waals surface area contributed by atoms with E-state index in [0.717, 1.165) is 22.8 Å². The third-order valence-corrected chi connectivity index (χ3v) is 4.68. The van der Waals surface area contributed by atoms with Gasteiger partial charge in [0, 0.05) is 29.3 Å². The molecule has 0 aliphatic rings. The predicted molar refractivity (Wildman–Crippen MR) is 103 cm³/mol. The first kappa shape index (κ1) is 21.0. The van der Waals surface area contributed by atoms with Gasteiger partial charge in [-0.05, 0) is 36.8 Å². The molecule has 0 bridgehead atoms. The topological polar surface area (TPSA) is 109 Å². The van der Waals surface area contributed by atoms with Gasteiger partial charge in [0.05, 0.1) is 18.4 Å². The quantitative estimate of drug-likeness (QED) is 0.573. The van der Waals surface area contributed by atoms with Gasteiger partial charge in [0.15, 0.2) is 11.6 Å². The Morgan fingerprint density at radius 1 is 1.13 bits per heavy atom. The third-order valence-electron chi connectivity index (χ3n) is 4.68. The summed E-state index contributed by atoms with van der Waals surface area (Å²) in [5, 5.41) is 21.2. The molecule has 3 aromatic rings. The van der Waals surface area contributed by atoms with E-state index >= 15 is 0 Å². The summed E-state index contributed by atoms with van der Waals surface area (Å²) in [5.74, 6) is -4.41. The highest BCUT2D eigenvalue weighted by Crippen LogP contribution is 2.32. The largest absolute Gasteiger partial charge is 0.505 e. The number of carboxylic acid groups (broad SMARTS) is 1. The molecule has 0 fully saturated rings. The monoisotopic (exact) mass is 416 g/mol. The second-order valence-electron chi connectivity index (χ2n) is 6.71. The van der Waals surface area contributed by atoms with Crippen molar-refractivity contribution in [1.82, 2.24) is 9.88 Å². The minimum Gasteiger partial charge on any atom is -0.505 e. The molecular weight excluding hydrogens is 398 g/mol. The van der Waals surface area contributed by atoms with Gasteiger partial charge in [-0.15, -0.1) is 0 Å². The molecule has 0 radical (unpaired) electrons. The minimum absolute atomic E-state index is 0.0287. The maximum absolute atomic E-state index is 14.0. The van der Waals surface area contributed by atoms with E-state index in [1.165, 1.54) is 18.2 Å². The SMILES string of the molecule is Cc1c(CC(=O)NCCC(=O)O)c2cc(O)c(F)cc2n1C(=O)c1cccc(F)c1. The van der Waals surface area contributed by atoms with E-state index in [1.807, 2.05) is 0 Å². The van der Waals surface area contributed by atoms with E-state index in [0.29, 0.717) is 11.3 Å². The maximum Gasteiger partial charge on any atom is 0.305 e. The van der Waals surface area contributed by atoms with Crippen LogP contribution in [0.2, 0.25) is 0 Å². The van der Waals surface area contributed by atoms with Crippen LogP contribution < -0.4 is 5.32 Å². The van der Waals surface area contributed by atoms with Crippen molar-refractivity contribution in [3.8, 4) is 5.75 Å². The van der Waals surface area contributed by atoms with Crippen LogP contribution in [0.25, 0.3) is 10.9 Å². The maximum atomic E-state index is 14.0. The molecule has 3 N–H and O–H groups in total. The number of phenols is 1. The molecule has 0 spiro atoms. The van der Waals surface area contributed by atoms with Gasteiger partial charge in [0.1, 0.15) is 5.82 Å². The van der Waals surface area contributed by atoms with E-state index < -0.39 is 35.2 Å². The van der Waals surface area contributed by atoms with Crippen LogP contribution in [-0.4, -0.2) is 39.1 Å². The number of aromatic nitrogens is 1. The first-order valence-electron chi connectivity index (χ1n) is 9.00. The number of aliphatic carboxylic acids is 1. The summed E-state index contributed by atoms with van der Waals surface area (Å²) in [4.78, 5) is 35.9. The zero-order chi connectivity index (χ0) is 22.0. The zero-order valence-electron chi connectivity index (χ0n) is 15.9. The number of phenolic OH excluding ortho intramolecular Hbond substituents is 1. The van der Waals surface area contributed by atoms with Crippen molar-refractivity contribution in [1.29, 1.82) is 0 Å². The van der Waals surface area contributed by atoms with Gasteiger partial charge >= 0.3 is 5.97 Å². The lowest BCUT2D eigenvalue weighted by molar-refractivity contribution is -0.136. The van der Waals surface area contributed by atoms with Gasteiger partial charge in [-0.2, -0.15) is 0 Å². The van der Waals surface area contributed by atoms with Crippen LogP contribution in [0.4, 0.5) is 8.78 Å². The molecule has 0 aliphatic carbocycles. The Balaban J connectivity index is 2.06. The lowest BCUT2D eigenvalue weighted by Crippen LogP contribution is -2.27. The number of hydrogen-bond acceptors (Lipinski definition) is 4. The second kappa shape index (κ2) is 8.32. The van der Waals surface area contributed by atoms with Gasteiger partial charge in [-0.25, -0.2) is 8.78 Å². The number of rotatable bonds is 6. The van der Waals surface area contributed by atoms with Crippen molar-refractivity contribution in [2.24, 2.45) is 0 Å². The Morgan fingerprint density at radius 2 is 1.87 bits per heavy atom. The fourth-order valence-electron chi connectivity index (χ4n) is 3.26. The van der Waals surface area contributed by atoms with Crippen molar-refractivity contribution < 1.29 is 33.4 Å². The summed E-state index contributed by atoms with van der Waals surface area (Å²) in [6.07, 6.45) is -0.479.